The van der Waals surface area contributed by atoms with Gasteiger partial charge >= 0.3 is 6.09 Å². The summed E-state index contributed by atoms with van der Waals surface area (Å²) < 4.78 is 34.9. The molecule has 4 aliphatic rings. The highest BCUT2D eigenvalue weighted by molar-refractivity contribution is 5.68. The molecule has 2 unspecified atom stereocenters. The first-order chi connectivity index (χ1) is 10.9. The van der Waals surface area contributed by atoms with E-state index < -0.39 is 23.0 Å². The standard InChI is InChI=1S/C18H21F2NO2/c19-16-6-14-7-17(20,10-16)12-18(8-14,11-16)21-15(22)23-9-13-4-2-1-3-5-13/h1-5,14H,6-12H2,(H,21,22)/t14?,16-,17+,18?. The molecule has 1 N–H and O–H groups in total. The Morgan fingerprint density at radius 1 is 1.09 bits per heavy atom. The molecule has 1 aromatic carbocycles. The van der Waals surface area contributed by atoms with Crippen LogP contribution in [0.15, 0.2) is 30.3 Å². The Bertz CT molecular complexity index is 603. The quantitative estimate of drug-likeness (QED) is 0.911. The first-order valence-corrected chi connectivity index (χ1v) is 8.25. The molecular weight excluding hydrogens is 300 g/mol. The lowest BCUT2D eigenvalue weighted by atomic mass is 9.50. The fraction of sp³-hybridized carbons (Fsp3) is 0.611. The molecule has 4 aliphatic carbocycles. The maximum Gasteiger partial charge on any atom is 0.407 e. The molecule has 4 fully saturated rings. The van der Waals surface area contributed by atoms with Crippen molar-refractivity contribution >= 4 is 6.09 Å². The van der Waals surface area contributed by atoms with Gasteiger partial charge in [0.25, 0.3) is 0 Å². The Morgan fingerprint density at radius 2 is 1.74 bits per heavy atom. The van der Waals surface area contributed by atoms with Crippen LogP contribution in [0, 0.1) is 5.92 Å². The average Bonchev–Trinajstić information content (AvgIpc) is 2.42. The number of alkyl halides is 2. The Labute approximate surface area is 134 Å². The maximum absolute atomic E-state index is 14.8. The third kappa shape index (κ3) is 2.81. The van der Waals surface area contributed by atoms with Crippen molar-refractivity contribution < 1.29 is 18.3 Å². The van der Waals surface area contributed by atoms with Crippen LogP contribution in [0.25, 0.3) is 0 Å². The maximum atomic E-state index is 14.8. The highest BCUT2D eigenvalue weighted by atomic mass is 19.2. The van der Waals surface area contributed by atoms with Gasteiger partial charge in [0.05, 0.1) is 0 Å². The number of halogens is 2. The molecule has 0 aromatic heterocycles. The molecule has 4 saturated carbocycles. The van der Waals surface area contributed by atoms with E-state index >= 15 is 0 Å². The Balaban J connectivity index is 1.43. The molecule has 0 aliphatic heterocycles. The van der Waals surface area contributed by atoms with Gasteiger partial charge in [0.15, 0.2) is 0 Å². The lowest BCUT2D eigenvalue weighted by Gasteiger charge is -2.61. The van der Waals surface area contributed by atoms with E-state index in [2.05, 4.69) is 5.32 Å². The number of carbonyl (C=O) groups is 1. The minimum absolute atomic E-state index is 0.0149. The second kappa shape index (κ2) is 4.92. The highest BCUT2D eigenvalue weighted by Crippen LogP contribution is 2.62. The molecule has 23 heavy (non-hydrogen) atoms. The van der Waals surface area contributed by atoms with E-state index in [9.17, 15) is 13.6 Å². The minimum atomic E-state index is -1.47. The smallest absolute Gasteiger partial charge is 0.407 e. The molecule has 5 rings (SSSR count). The number of alkyl carbamates (subject to hydrolysis) is 1. The lowest BCUT2D eigenvalue weighted by Crippen LogP contribution is -2.68. The van der Waals surface area contributed by atoms with E-state index in [-0.39, 0.29) is 31.8 Å². The molecular formula is C18H21F2NO2. The molecule has 0 spiro atoms. The number of ether oxygens (including phenoxy) is 1. The molecule has 5 heteroatoms. The normalized spacial score (nSPS) is 40.9. The second-order valence-corrected chi connectivity index (χ2v) is 7.78. The first-order valence-electron chi connectivity index (χ1n) is 8.25. The SMILES string of the molecule is O=C(NC12CC3C[C@@](F)(C1)C[C@](F)(C3)C2)OCc1ccccc1. The van der Waals surface area contributed by atoms with Gasteiger partial charge in [-0.2, -0.15) is 0 Å². The third-order valence-electron chi connectivity index (χ3n) is 5.51. The predicted octanol–water partition coefficient (Wildman–Crippen LogP) is 4.07. The summed E-state index contributed by atoms with van der Waals surface area (Å²) in [5.41, 5.74) is -2.84. The number of amides is 1. The van der Waals surface area contributed by atoms with E-state index in [4.69, 9.17) is 4.74 Å². The molecule has 0 saturated heterocycles. The van der Waals surface area contributed by atoms with E-state index in [1.807, 2.05) is 30.3 Å². The van der Waals surface area contributed by atoms with Crippen LogP contribution in [0.3, 0.4) is 0 Å². The van der Waals surface area contributed by atoms with Crippen LogP contribution in [0.2, 0.25) is 0 Å². The minimum Gasteiger partial charge on any atom is -0.445 e. The van der Waals surface area contributed by atoms with Crippen LogP contribution in [0.4, 0.5) is 13.6 Å². The summed E-state index contributed by atoms with van der Waals surface area (Å²) in [7, 11) is 0. The van der Waals surface area contributed by atoms with Crippen molar-refractivity contribution in [1.29, 1.82) is 0 Å². The van der Waals surface area contributed by atoms with E-state index in [1.54, 1.807) is 0 Å². The van der Waals surface area contributed by atoms with Gasteiger partial charge in [0, 0.05) is 24.8 Å². The van der Waals surface area contributed by atoms with Gasteiger partial charge in [-0.15, -0.1) is 0 Å². The zero-order valence-corrected chi connectivity index (χ0v) is 13.0. The van der Waals surface area contributed by atoms with Gasteiger partial charge < -0.3 is 10.1 Å². The zero-order chi connectivity index (χ0) is 16.1. The number of carbonyl (C=O) groups excluding carboxylic acids is 1. The van der Waals surface area contributed by atoms with Crippen molar-refractivity contribution in [3.8, 4) is 0 Å². The van der Waals surface area contributed by atoms with Crippen molar-refractivity contribution in [3.63, 3.8) is 0 Å². The van der Waals surface area contributed by atoms with Crippen molar-refractivity contribution in [2.24, 2.45) is 5.92 Å². The molecule has 124 valence electrons. The van der Waals surface area contributed by atoms with Gasteiger partial charge in [-0.3, -0.25) is 0 Å². The molecule has 4 bridgehead atoms. The van der Waals surface area contributed by atoms with Crippen molar-refractivity contribution in [3.05, 3.63) is 35.9 Å². The van der Waals surface area contributed by atoms with Gasteiger partial charge in [0.1, 0.15) is 17.9 Å². The lowest BCUT2D eigenvalue weighted by molar-refractivity contribution is -0.150. The largest absolute Gasteiger partial charge is 0.445 e. The third-order valence-corrected chi connectivity index (χ3v) is 5.51. The Kier molecular flexibility index (Phi) is 3.19. The molecule has 1 amide bonds. The Hall–Kier alpha value is -1.65. The molecule has 0 heterocycles. The van der Waals surface area contributed by atoms with Gasteiger partial charge in [-0.05, 0) is 30.7 Å². The van der Waals surface area contributed by atoms with Crippen LogP contribution in [0.5, 0.6) is 0 Å². The van der Waals surface area contributed by atoms with Crippen LogP contribution in [-0.2, 0) is 11.3 Å². The van der Waals surface area contributed by atoms with Crippen molar-refractivity contribution in [2.45, 2.75) is 62.0 Å². The van der Waals surface area contributed by atoms with E-state index in [1.165, 1.54) is 0 Å². The van der Waals surface area contributed by atoms with Crippen LogP contribution >= 0.6 is 0 Å². The van der Waals surface area contributed by atoms with Crippen LogP contribution in [0.1, 0.15) is 44.1 Å². The van der Waals surface area contributed by atoms with Crippen molar-refractivity contribution in [2.75, 3.05) is 0 Å². The zero-order valence-electron chi connectivity index (χ0n) is 13.0. The highest BCUT2D eigenvalue weighted by Gasteiger charge is 2.65. The number of hydrogen-bond donors (Lipinski definition) is 1. The molecule has 0 radical (unpaired) electrons. The van der Waals surface area contributed by atoms with E-state index in [0.29, 0.717) is 19.3 Å². The summed E-state index contributed by atoms with van der Waals surface area (Å²) in [6, 6.07) is 9.36. The number of nitrogens with one attached hydrogen (secondary N) is 1. The average molecular weight is 321 g/mol. The number of rotatable bonds is 3. The summed E-state index contributed by atoms with van der Waals surface area (Å²) >= 11 is 0. The van der Waals surface area contributed by atoms with Crippen LogP contribution < -0.4 is 5.32 Å². The fourth-order valence-corrected chi connectivity index (χ4v) is 5.32. The topological polar surface area (TPSA) is 38.3 Å². The van der Waals surface area contributed by atoms with Crippen molar-refractivity contribution in [1.82, 2.24) is 5.32 Å². The molecule has 1 aromatic rings. The van der Waals surface area contributed by atoms with Crippen LogP contribution in [-0.4, -0.2) is 23.0 Å². The van der Waals surface area contributed by atoms with E-state index in [0.717, 1.165) is 5.56 Å². The summed E-state index contributed by atoms with van der Waals surface area (Å²) in [5.74, 6) is 0.0238. The number of benzene rings is 1. The fourth-order valence-electron chi connectivity index (χ4n) is 5.32. The number of hydrogen-bond acceptors (Lipinski definition) is 2. The first kappa shape index (κ1) is 14.9. The van der Waals surface area contributed by atoms with Gasteiger partial charge in [-0.25, -0.2) is 13.6 Å². The summed E-state index contributed by atoms with van der Waals surface area (Å²) in [4.78, 5) is 12.1. The molecule has 4 atom stereocenters. The van der Waals surface area contributed by atoms with Gasteiger partial charge in [-0.1, -0.05) is 30.3 Å². The summed E-state index contributed by atoms with van der Waals surface area (Å²) in [6.45, 7) is 0.160. The van der Waals surface area contributed by atoms with Gasteiger partial charge in [0.2, 0.25) is 0 Å². The predicted molar refractivity (Wildman–Crippen MR) is 81.4 cm³/mol. The molecule has 3 nitrogen and oxygen atoms in total. The summed E-state index contributed by atoms with van der Waals surface area (Å²) in [6.07, 6.45) is 1.35. The monoisotopic (exact) mass is 321 g/mol. The summed E-state index contributed by atoms with van der Waals surface area (Å²) in [5, 5.41) is 2.80. The Morgan fingerprint density at radius 3 is 2.35 bits per heavy atom. The second-order valence-electron chi connectivity index (χ2n) is 7.78.